The smallest absolute Gasteiger partial charge is 0.307 e. The summed E-state index contributed by atoms with van der Waals surface area (Å²) in [5, 5.41) is 13.1. The molecule has 1 aliphatic rings. The van der Waals surface area contributed by atoms with Crippen LogP contribution in [0.4, 0.5) is 0 Å². The molecule has 2 aromatic rings. The molecule has 1 fully saturated rings. The van der Waals surface area contributed by atoms with Gasteiger partial charge in [-0.3, -0.25) is 9.59 Å². The number of carboxylic acid groups (broad SMARTS) is 1. The lowest BCUT2D eigenvalue weighted by Gasteiger charge is -2.01. The average molecular weight is 351 g/mol. The van der Waals surface area contributed by atoms with Crippen molar-refractivity contribution in [3.05, 3.63) is 39.2 Å². The van der Waals surface area contributed by atoms with Crippen molar-refractivity contribution in [1.82, 2.24) is 10.3 Å². The van der Waals surface area contributed by atoms with E-state index >= 15 is 0 Å². The molecule has 1 aromatic heterocycles. The van der Waals surface area contributed by atoms with Crippen LogP contribution < -0.4 is 5.32 Å². The van der Waals surface area contributed by atoms with E-state index in [2.05, 4.69) is 10.3 Å². The number of aryl methyl sites for hydroxylation is 1. The standard InChI is InChI=1S/C16H15ClN2O3S/c1-8-14(9-2-4-10(17)5-3-9)19-13(23-8)7-18-15(20)11-6-12(11)16(21)22/h2-5,11-12H,6-7H2,1H3,(H,18,20)(H,21,22). The Hall–Kier alpha value is -1.92. The van der Waals surface area contributed by atoms with Crippen LogP contribution in [0.3, 0.4) is 0 Å². The Balaban J connectivity index is 1.64. The number of nitrogens with zero attached hydrogens (tertiary/aromatic N) is 1. The second-order valence-electron chi connectivity index (χ2n) is 5.52. The fourth-order valence-corrected chi connectivity index (χ4v) is 3.47. The van der Waals surface area contributed by atoms with Crippen molar-refractivity contribution in [2.45, 2.75) is 19.9 Å². The molecule has 0 spiro atoms. The molecule has 2 atom stereocenters. The van der Waals surface area contributed by atoms with Crippen molar-refractivity contribution in [1.29, 1.82) is 0 Å². The summed E-state index contributed by atoms with van der Waals surface area (Å²) in [5.74, 6) is -2.04. The highest BCUT2D eigenvalue weighted by atomic mass is 35.5. The first kappa shape index (κ1) is 16.0. The molecule has 2 unspecified atom stereocenters. The molecule has 5 nitrogen and oxygen atoms in total. The van der Waals surface area contributed by atoms with Gasteiger partial charge in [-0.25, -0.2) is 4.98 Å². The summed E-state index contributed by atoms with van der Waals surface area (Å²) in [5.41, 5.74) is 1.86. The molecule has 1 heterocycles. The van der Waals surface area contributed by atoms with Crippen molar-refractivity contribution in [3.63, 3.8) is 0 Å². The minimum Gasteiger partial charge on any atom is -0.481 e. The van der Waals surface area contributed by atoms with Crippen molar-refractivity contribution < 1.29 is 14.7 Å². The van der Waals surface area contributed by atoms with E-state index in [1.165, 1.54) is 11.3 Å². The summed E-state index contributed by atoms with van der Waals surface area (Å²) in [4.78, 5) is 28.3. The maximum Gasteiger partial charge on any atom is 0.307 e. The summed E-state index contributed by atoms with van der Waals surface area (Å²) in [6.07, 6.45) is 0.425. The zero-order valence-electron chi connectivity index (χ0n) is 12.4. The Labute approximate surface area is 142 Å². The van der Waals surface area contributed by atoms with E-state index in [1.807, 2.05) is 31.2 Å². The van der Waals surface area contributed by atoms with Crippen molar-refractivity contribution in [2.75, 3.05) is 0 Å². The second kappa shape index (κ2) is 6.29. The average Bonchev–Trinajstić information content (AvgIpc) is 3.24. The fraction of sp³-hybridized carbons (Fsp3) is 0.312. The molecule has 0 radical (unpaired) electrons. The molecular formula is C16H15ClN2O3S. The lowest BCUT2D eigenvalue weighted by Crippen LogP contribution is -2.25. The van der Waals surface area contributed by atoms with Gasteiger partial charge in [0.05, 0.1) is 24.1 Å². The third-order valence-corrected chi connectivity index (χ3v) is 5.04. The molecule has 7 heteroatoms. The van der Waals surface area contributed by atoms with Gasteiger partial charge in [-0.1, -0.05) is 23.7 Å². The number of halogens is 1. The number of aliphatic carboxylic acids is 1. The Morgan fingerprint density at radius 1 is 1.35 bits per heavy atom. The molecular weight excluding hydrogens is 336 g/mol. The number of carbonyl (C=O) groups is 2. The number of benzene rings is 1. The number of thiazole rings is 1. The van der Waals surface area contributed by atoms with E-state index < -0.39 is 17.8 Å². The highest BCUT2D eigenvalue weighted by Gasteiger charge is 2.48. The van der Waals surface area contributed by atoms with Crippen LogP contribution in [0.2, 0.25) is 5.02 Å². The van der Waals surface area contributed by atoms with Gasteiger partial charge in [-0.05, 0) is 25.5 Å². The van der Waals surface area contributed by atoms with Crippen LogP contribution >= 0.6 is 22.9 Å². The minimum absolute atomic E-state index is 0.210. The van der Waals surface area contributed by atoms with Gasteiger partial charge in [-0.2, -0.15) is 0 Å². The first-order valence-corrected chi connectivity index (χ1v) is 8.38. The zero-order chi connectivity index (χ0) is 16.6. The Morgan fingerprint density at radius 2 is 2.04 bits per heavy atom. The predicted octanol–water partition coefficient (Wildman–Crippen LogP) is 3.11. The molecule has 1 aromatic carbocycles. The minimum atomic E-state index is -0.903. The molecule has 0 aliphatic heterocycles. The number of nitrogens with one attached hydrogen (secondary N) is 1. The van der Waals surface area contributed by atoms with Crippen LogP contribution in [0.15, 0.2) is 24.3 Å². The quantitative estimate of drug-likeness (QED) is 0.868. The summed E-state index contributed by atoms with van der Waals surface area (Å²) in [6, 6.07) is 7.45. The monoisotopic (exact) mass is 350 g/mol. The lowest BCUT2D eigenvalue weighted by molar-refractivity contribution is -0.140. The molecule has 0 saturated heterocycles. The summed E-state index contributed by atoms with van der Waals surface area (Å²) in [6.45, 7) is 2.30. The van der Waals surface area contributed by atoms with Gasteiger partial charge < -0.3 is 10.4 Å². The number of amides is 1. The molecule has 3 rings (SSSR count). The van der Waals surface area contributed by atoms with E-state index in [1.54, 1.807) is 0 Å². The molecule has 1 amide bonds. The molecule has 1 aliphatic carbocycles. The Morgan fingerprint density at radius 3 is 2.65 bits per heavy atom. The number of aromatic nitrogens is 1. The molecule has 23 heavy (non-hydrogen) atoms. The van der Waals surface area contributed by atoms with Gasteiger partial charge in [0.2, 0.25) is 5.91 Å². The SMILES string of the molecule is Cc1sc(CNC(=O)C2CC2C(=O)O)nc1-c1ccc(Cl)cc1. The van der Waals surface area contributed by atoms with Gasteiger partial charge in [0, 0.05) is 15.5 Å². The number of carboxylic acids is 1. The molecule has 2 N–H and O–H groups in total. The van der Waals surface area contributed by atoms with E-state index in [0.717, 1.165) is 21.1 Å². The van der Waals surface area contributed by atoms with E-state index in [-0.39, 0.29) is 5.91 Å². The maximum absolute atomic E-state index is 11.9. The highest BCUT2D eigenvalue weighted by Crippen LogP contribution is 2.38. The van der Waals surface area contributed by atoms with Gasteiger partial charge in [0.15, 0.2) is 0 Å². The van der Waals surface area contributed by atoms with Gasteiger partial charge in [-0.15, -0.1) is 11.3 Å². The first-order valence-electron chi connectivity index (χ1n) is 7.18. The number of hydrogen-bond donors (Lipinski definition) is 2. The van der Waals surface area contributed by atoms with Crippen LogP contribution in [-0.4, -0.2) is 22.0 Å². The van der Waals surface area contributed by atoms with Crippen LogP contribution in [-0.2, 0) is 16.1 Å². The first-order chi connectivity index (χ1) is 11.0. The lowest BCUT2D eigenvalue weighted by atomic mass is 10.1. The van der Waals surface area contributed by atoms with Crippen LogP contribution in [0.25, 0.3) is 11.3 Å². The predicted molar refractivity (Wildman–Crippen MR) is 88.4 cm³/mol. The van der Waals surface area contributed by atoms with Crippen molar-refractivity contribution in [3.8, 4) is 11.3 Å². The Kier molecular flexibility index (Phi) is 4.37. The second-order valence-corrected chi connectivity index (χ2v) is 7.25. The number of carbonyl (C=O) groups excluding carboxylic acids is 1. The summed E-state index contributed by atoms with van der Waals surface area (Å²) in [7, 11) is 0. The van der Waals surface area contributed by atoms with Gasteiger partial charge >= 0.3 is 5.97 Å². The van der Waals surface area contributed by atoms with Crippen LogP contribution in [0.5, 0.6) is 0 Å². The fourth-order valence-electron chi connectivity index (χ4n) is 2.45. The number of rotatable bonds is 5. The van der Waals surface area contributed by atoms with E-state index in [4.69, 9.17) is 16.7 Å². The highest BCUT2D eigenvalue weighted by molar-refractivity contribution is 7.12. The van der Waals surface area contributed by atoms with Crippen molar-refractivity contribution in [2.24, 2.45) is 11.8 Å². The molecule has 120 valence electrons. The zero-order valence-corrected chi connectivity index (χ0v) is 13.9. The maximum atomic E-state index is 11.9. The van der Waals surface area contributed by atoms with Crippen LogP contribution in [0, 0.1) is 18.8 Å². The third kappa shape index (κ3) is 3.54. The number of hydrogen-bond acceptors (Lipinski definition) is 4. The van der Waals surface area contributed by atoms with Crippen molar-refractivity contribution >= 4 is 34.8 Å². The third-order valence-electron chi connectivity index (χ3n) is 3.82. The molecule has 0 bridgehead atoms. The normalized spacial score (nSPS) is 19.4. The largest absolute Gasteiger partial charge is 0.481 e. The van der Waals surface area contributed by atoms with E-state index in [9.17, 15) is 9.59 Å². The summed E-state index contributed by atoms with van der Waals surface area (Å²) >= 11 is 7.41. The van der Waals surface area contributed by atoms with Gasteiger partial charge in [0.1, 0.15) is 5.01 Å². The molecule has 1 saturated carbocycles. The van der Waals surface area contributed by atoms with Gasteiger partial charge in [0.25, 0.3) is 0 Å². The topological polar surface area (TPSA) is 79.3 Å². The van der Waals surface area contributed by atoms with Crippen LogP contribution in [0.1, 0.15) is 16.3 Å². The summed E-state index contributed by atoms with van der Waals surface area (Å²) < 4.78 is 0. The van der Waals surface area contributed by atoms with E-state index in [0.29, 0.717) is 18.0 Å². The Bertz CT molecular complexity index is 757.